The number of nitrogens with one attached hydrogen (secondary N) is 1. The zero-order valence-electron chi connectivity index (χ0n) is 12.6. The predicted molar refractivity (Wildman–Crippen MR) is 90.7 cm³/mol. The summed E-state index contributed by atoms with van der Waals surface area (Å²) in [5, 5.41) is 0.914. The monoisotopic (exact) mass is 350 g/mol. The summed E-state index contributed by atoms with van der Waals surface area (Å²) in [5.74, 6) is 0.217. The van der Waals surface area contributed by atoms with E-state index in [1.54, 1.807) is 12.4 Å². The molecule has 21 heavy (non-hydrogen) atoms. The van der Waals surface area contributed by atoms with E-state index in [0.717, 1.165) is 33.9 Å². The van der Waals surface area contributed by atoms with Gasteiger partial charge in [-0.2, -0.15) is 0 Å². The number of fused-ring (bicyclic) bond motifs is 1. The van der Waals surface area contributed by atoms with Crippen LogP contribution in [0.3, 0.4) is 0 Å². The van der Waals surface area contributed by atoms with Gasteiger partial charge in [0.05, 0.1) is 0 Å². The average molecular weight is 351 g/mol. The molecule has 2 aromatic rings. The van der Waals surface area contributed by atoms with Crippen LogP contribution in [-0.4, -0.2) is 15.8 Å². The van der Waals surface area contributed by atoms with Gasteiger partial charge in [0.2, 0.25) is 0 Å². The van der Waals surface area contributed by atoms with Gasteiger partial charge < -0.3 is 4.98 Å². The fourth-order valence-corrected chi connectivity index (χ4v) is 2.92. The maximum Gasteiger partial charge on any atom is 0.165 e. The topological polar surface area (TPSA) is 45.8 Å². The van der Waals surface area contributed by atoms with E-state index in [2.05, 4.69) is 32.8 Å². The molecular formula is C17H23BrN2O. The van der Waals surface area contributed by atoms with Crippen molar-refractivity contribution in [2.24, 2.45) is 0 Å². The van der Waals surface area contributed by atoms with Crippen molar-refractivity contribution in [2.45, 2.75) is 58.3 Å². The van der Waals surface area contributed by atoms with Gasteiger partial charge >= 0.3 is 0 Å². The molecule has 0 aliphatic heterocycles. The molecule has 0 saturated heterocycles. The van der Waals surface area contributed by atoms with Crippen molar-refractivity contribution >= 4 is 32.7 Å². The van der Waals surface area contributed by atoms with Crippen molar-refractivity contribution in [2.75, 3.05) is 0 Å². The summed E-state index contributed by atoms with van der Waals surface area (Å²) in [4.78, 5) is 19.6. The van der Waals surface area contributed by atoms with Crippen molar-refractivity contribution in [3.63, 3.8) is 0 Å². The van der Waals surface area contributed by atoms with Gasteiger partial charge in [0.1, 0.15) is 5.65 Å². The normalized spacial score (nSPS) is 11.1. The SMILES string of the molecule is CCCCCCCCCC(=O)c1c[nH]c2ncc(Br)cc12. The molecule has 2 aromatic heterocycles. The maximum atomic E-state index is 12.3. The first-order chi connectivity index (χ1) is 10.2. The number of Topliss-reactive ketones (excluding diaryl/α,β-unsaturated/α-hetero) is 1. The number of pyridine rings is 1. The van der Waals surface area contributed by atoms with Crippen molar-refractivity contribution in [1.29, 1.82) is 0 Å². The molecule has 2 heterocycles. The summed E-state index contributed by atoms with van der Waals surface area (Å²) < 4.78 is 0.902. The highest BCUT2D eigenvalue weighted by Gasteiger charge is 2.12. The van der Waals surface area contributed by atoms with Crippen molar-refractivity contribution in [3.8, 4) is 0 Å². The lowest BCUT2D eigenvalue weighted by Crippen LogP contribution is -1.98. The highest BCUT2D eigenvalue weighted by Crippen LogP contribution is 2.22. The van der Waals surface area contributed by atoms with E-state index in [-0.39, 0.29) is 5.78 Å². The second kappa shape index (κ2) is 8.32. The number of hydrogen-bond donors (Lipinski definition) is 1. The van der Waals surface area contributed by atoms with Gasteiger partial charge in [-0.05, 0) is 28.4 Å². The Hall–Kier alpha value is -1.16. The average Bonchev–Trinajstić information content (AvgIpc) is 2.89. The van der Waals surface area contributed by atoms with Gasteiger partial charge in [-0.3, -0.25) is 4.79 Å². The van der Waals surface area contributed by atoms with Crippen LogP contribution < -0.4 is 0 Å². The Morgan fingerprint density at radius 2 is 1.90 bits per heavy atom. The van der Waals surface area contributed by atoms with Gasteiger partial charge in [-0.15, -0.1) is 0 Å². The third-order valence-electron chi connectivity index (χ3n) is 3.81. The van der Waals surface area contributed by atoms with Crippen molar-refractivity contribution in [3.05, 3.63) is 28.5 Å². The van der Waals surface area contributed by atoms with E-state index >= 15 is 0 Å². The van der Waals surface area contributed by atoms with Crippen molar-refractivity contribution < 1.29 is 4.79 Å². The molecule has 3 nitrogen and oxygen atoms in total. The van der Waals surface area contributed by atoms with E-state index in [1.165, 1.54) is 32.1 Å². The van der Waals surface area contributed by atoms with Crippen LogP contribution in [-0.2, 0) is 0 Å². The molecule has 0 amide bonds. The number of H-pyrrole nitrogens is 1. The summed E-state index contributed by atoms with van der Waals surface area (Å²) in [6.45, 7) is 2.23. The molecule has 2 rings (SSSR count). The van der Waals surface area contributed by atoms with Crippen molar-refractivity contribution in [1.82, 2.24) is 9.97 Å². The number of unbranched alkanes of at least 4 members (excludes halogenated alkanes) is 6. The molecule has 0 aliphatic carbocycles. The zero-order valence-corrected chi connectivity index (χ0v) is 14.2. The van der Waals surface area contributed by atoms with E-state index < -0.39 is 0 Å². The molecule has 0 radical (unpaired) electrons. The van der Waals surface area contributed by atoms with E-state index in [0.29, 0.717) is 6.42 Å². The molecule has 0 fully saturated rings. The lowest BCUT2D eigenvalue weighted by molar-refractivity contribution is 0.0980. The number of carbonyl (C=O) groups is 1. The third-order valence-corrected chi connectivity index (χ3v) is 4.24. The Morgan fingerprint density at radius 1 is 1.19 bits per heavy atom. The Kier molecular flexibility index (Phi) is 6.43. The Balaban J connectivity index is 1.81. The number of carbonyl (C=O) groups excluding carboxylic acids is 1. The lowest BCUT2D eigenvalue weighted by atomic mass is 10.0. The Labute approximate surface area is 134 Å². The highest BCUT2D eigenvalue weighted by molar-refractivity contribution is 9.10. The molecule has 4 heteroatoms. The number of rotatable bonds is 9. The van der Waals surface area contributed by atoms with E-state index in [9.17, 15) is 4.79 Å². The van der Waals surface area contributed by atoms with E-state index in [4.69, 9.17) is 0 Å². The van der Waals surface area contributed by atoms with E-state index in [1.807, 2.05) is 6.07 Å². The summed E-state index contributed by atoms with van der Waals surface area (Å²) in [6.07, 6.45) is 12.8. The number of hydrogen-bond acceptors (Lipinski definition) is 2. The quantitative estimate of drug-likeness (QED) is 0.469. The first kappa shape index (κ1) is 16.2. The van der Waals surface area contributed by atoms with Crippen LogP contribution in [0.1, 0.15) is 68.6 Å². The second-order valence-electron chi connectivity index (χ2n) is 5.55. The van der Waals surface area contributed by atoms with Crippen LogP contribution in [0.2, 0.25) is 0 Å². The molecule has 1 N–H and O–H groups in total. The molecule has 0 unspecified atom stereocenters. The molecule has 114 valence electrons. The first-order valence-corrected chi connectivity index (χ1v) is 8.67. The number of aromatic amines is 1. The summed E-state index contributed by atoms with van der Waals surface area (Å²) in [5.41, 5.74) is 1.55. The van der Waals surface area contributed by atoms with Gasteiger partial charge in [0.25, 0.3) is 0 Å². The van der Waals surface area contributed by atoms with Crippen LogP contribution in [0.15, 0.2) is 22.9 Å². The van der Waals surface area contributed by atoms with Crippen LogP contribution in [0.4, 0.5) is 0 Å². The lowest BCUT2D eigenvalue weighted by Gasteiger charge is -2.01. The minimum absolute atomic E-state index is 0.217. The summed E-state index contributed by atoms with van der Waals surface area (Å²) in [6, 6.07) is 1.96. The number of ketones is 1. The number of halogens is 1. The fraction of sp³-hybridized carbons (Fsp3) is 0.529. The minimum Gasteiger partial charge on any atom is -0.345 e. The fourth-order valence-electron chi connectivity index (χ4n) is 2.59. The summed E-state index contributed by atoms with van der Waals surface area (Å²) in [7, 11) is 0. The predicted octanol–water partition coefficient (Wildman–Crippen LogP) is 5.65. The molecule has 0 atom stereocenters. The zero-order chi connectivity index (χ0) is 15.1. The molecule has 0 spiro atoms. The number of aromatic nitrogens is 2. The molecule has 0 aromatic carbocycles. The second-order valence-corrected chi connectivity index (χ2v) is 6.46. The molecular weight excluding hydrogens is 328 g/mol. The molecule has 0 bridgehead atoms. The third kappa shape index (κ3) is 4.67. The van der Waals surface area contributed by atoms with Gasteiger partial charge in [0.15, 0.2) is 5.78 Å². The van der Waals surface area contributed by atoms with Crippen LogP contribution >= 0.6 is 15.9 Å². The minimum atomic E-state index is 0.217. The maximum absolute atomic E-state index is 12.3. The Bertz CT molecular complexity index is 591. The smallest absolute Gasteiger partial charge is 0.165 e. The summed E-state index contributed by atoms with van der Waals surface area (Å²) >= 11 is 3.41. The van der Waals surface area contributed by atoms with Crippen LogP contribution in [0.25, 0.3) is 11.0 Å². The van der Waals surface area contributed by atoms with Gasteiger partial charge in [-0.25, -0.2) is 4.98 Å². The van der Waals surface area contributed by atoms with Gasteiger partial charge in [-0.1, -0.05) is 45.4 Å². The standard InChI is InChI=1S/C17H23BrN2O/c1-2-3-4-5-6-7-8-9-16(21)15-12-20-17-14(15)10-13(18)11-19-17/h10-12H,2-9H2,1H3,(H,19,20). The van der Waals surface area contributed by atoms with Crippen LogP contribution in [0.5, 0.6) is 0 Å². The highest BCUT2D eigenvalue weighted by atomic mass is 79.9. The van der Waals surface area contributed by atoms with Crippen LogP contribution in [0, 0.1) is 0 Å². The number of nitrogens with zero attached hydrogens (tertiary/aromatic N) is 1. The van der Waals surface area contributed by atoms with Gasteiger partial charge in [0, 0.05) is 34.2 Å². The molecule has 0 aliphatic rings. The first-order valence-electron chi connectivity index (χ1n) is 7.88. The molecule has 0 saturated carbocycles. The largest absolute Gasteiger partial charge is 0.345 e. The Morgan fingerprint density at radius 3 is 2.67 bits per heavy atom.